The summed E-state index contributed by atoms with van der Waals surface area (Å²) in [5.41, 5.74) is 0.739. The van der Waals surface area contributed by atoms with E-state index >= 15 is 0 Å². The van der Waals surface area contributed by atoms with E-state index in [0.717, 1.165) is 5.57 Å². The summed E-state index contributed by atoms with van der Waals surface area (Å²) in [5.74, 6) is -1.76. The topological polar surface area (TPSA) is 139 Å². The molecule has 2 aliphatic heterocycles. The summed E-state index contributed by atoms with van der Waals surface area (Å²) in [5, 5.41) is 13.0. The number of amides is 2. The molecule has 1 aromatic heterocycles. The fourth-order valence-electron chi connectivity index (χ4n) is 4.66. The number of ketones is 1. The van der Waals surface area contributed by atoms with Crippen LogP contribution in [0.5, 0.6) is 0 Å². The van der Waals surface area contributed by atoms with Gasteiger partial charge in [0.15, 0.2) is 5.69 Å². The molecule has 3 heterocycles. The van der Waals surface area contributed by atoms with Crippen molar-refractivity contribution in [1.29, 1.82) is 0 Å². The Morgan fingerprint density at radius 3 is 2.68 bits per heavy atom. The maximum atomic E-state index is 13.2. The van der Waals surface area contributed by atoms with E-state index in [1.54, 1.807) is 31.2 Å². The number of oxazole rings is 1. The molecule has 0 spiro atoms. The number of nitrogens with one attached hydrogen (secondary N) is 1. The molecule has 2 amide bonds. The minimum absolute atomic E-state index is 0.00930. The average Bonchev–Trinajstić information content (AvgIpc) is 3.52. The van der Waals surface area contributed by atoms with E-state index in [-0.39, 0.29) is 54.5 Å². The second kappa shape index (κ2) is 13.3. The standard InChI is InChI=1S/C28H37N3O7/c1-17(2)26-19(4)9-10-24(34)29-11-5-7-18(3)13-20(32)14-21(33)15-25-30-22(16-37-25)27(35)31-12-6-8-23(31)28(36)38-26/h5,7,9-10,13,16-17,19-20,23,26,32H,6,8,11-12,14-15H2,1-4H3,(H,29,34)/b7-5+,10-9+,18-13+/t19-,20-,23-,26-/m1/s1. The van der Waals surface area contributed by atoms with Gasteiger partial charge < -0.3 is 24.5 Å². The van der Waals surface area contributed by atoms with Crippen molar-refractivity contribution in [3.8, 4) is 0 Å². The lowest BCUT2D eigenvalue weighted by Crippen LogP contribution is -2.44. The molecule has 0 unspecified atom stereocenters. The first-order valence-electron chi connectivity index (χ1n) is 13.0. The predicted molar refractivity (Wildman–Crippen MR) is 139 cm³/mol. The Labute approximate surface area is 222 Å². The number of aliphatic hydroxyl groups excluding tert-OH is 1. The smallest absolute Gasteiger partial charge is 0.329 e. The first kappa shape index (κ1) is 29.0. The lowest BCUT2D eigenvalue weighted by molar-refractivity contribution is -0.158. The van der Waals surface area contributed by atoms with E-state index in [2.05, 4.69) is 10.3 Å². The summed E-state index contributed by atoms with van der Waals surface area (Å²) in [6.45, 7) is 8.16. The molecular formula is C28H37N3O7. The Bertz CT molecular complexity index is 1120. The van der Waals surface area contributed by atoms with Crippen molar-refractivity contribution in [2.75, 3.05) is 13.1 Å². The Morgan fingerprint density at radius 2 is 1.95 bits per heavy atom. The molecule has 0 aliphatic carbocycles. The first-order valence-corrected chi connectivity index (χ1v) is 13.0. The molecule has 0 radical (unpaired) electrons. The minimum atomic E-state index is -1.01. The summed E-state index contributed by atoms with van der Waals surface area (Å²) in [4.78, 5) is 56.6. The van der Waals surface area contributed by atoms with E-state index in [1.807, 2.05) is 20.8 Å². The number of esters is 1. The van der Waals surface area contributed by atoms with Crippen molar-refractivity contribution in [3.05, 3.63) is 53.8 Å². The van der Waals surface area contributed by atoms with E-state index in [1.165, 1.54) is 17.2 Å². The van der Waals surface area contributed by atoms with E-state index in [0.29, 0.717) is 19.4 Å². The van der Waals surface area contributed by atoms with Crippen molar-refractivity contribution < 1.29 is 33.4 Å². The van der Waals surface area contributed by atoms with Crippen molar-refractivity contribution in [2.24, 2.45) is 11.8 Å². The molecule has 2 aliphatic rings. The highest BCUT2D eigenvalue weighted by molar-refractivity contribution is 5.95. The zero-order valence-electron chi connectivity index (χ0n) is 22.4. The number of rotatable bonds is 1. The van der Waals surface area contributed by atoms with Crippen molar-refractivity contribution >= 4 is 23.6 Å². The number of carbonyl (C=O) groups excluding carboxylic acids is 4. The molecule has 4 atom stereocenters. The summed E-state index contributed by atoms with van der Waals surface area (Å²) in [7, 11) is 0. The Hall–Kier alpha value is -3.53. The number of aliphatic hydroxyl groups is 1. The van der Waals surface area contributed by atoms with Gasteiger partial charge in [-0.05, 0) is 31.8 Å². The van der Waals surface area contributed by atoms with Crippen molar-refractivity contribution in [1.82, 2.24) is 15.2 Å². The van der Waals surface area contributed by atoms with Gasteiger partial charge in [0.05, 0.1) is 12.5 Å². The Balaban J connectivity index is 1.85. The van der Waals surface area contributed by atoms with Crippen LogP contribution in [-0.4, -0.2) is 69.9 Å². The zero-order valence-corrected chi connectivity index (χ0v) is 22.4. The molecule has 3 rings (SSSR count). The van der Waals surface area contributed by atoms with Gasteiger partial charge in [-0.25, -0.2) is 9.78 Å². The number of Topliss-reactive ketones (excluding diaryl/α,β-unsaturated/α-hetero) is 1. The second-order valence-electron chi connectivity index (χ2n) is 10.2. The summed E-state index contributed by atoms with van der Waals surface area (Å²) in [6, 6.07) is -0.761. The number of carbonyl (C=O) groups is 4. The fourth-order valence-corrected chi connectivity index (χ4v) is 4.66. The SMILES string of the molecule is CC1=C\[C@@H](O)CC(=O)Cc2nc(co2)C(=O)N2CCC[C@@H]2C(=O)O[C@H](C(C)C)[C@H](C)/C=C/C(=O)NC\C=C\1. The van der Waals surface area contributed by atoms with Gasteiger partial charge in [-0.3, -0.25) is 14.4 Å². The van der Waals surface area contributed by atoms with Crippen LogP contribution >= 0.6 is 0 Å². The monoisotopic (exact) mass is 527 g/mol. The van der Waals surface area contributed by atoms with Gasteiger partial charge in [-0.2, -0.15) is 0 Å². The molecule has 38 heavy (non-hydrogen) atoms. The second-order valence-corrected chi connectivity index (χ2v) is 10.2. The number of nitrogens with zero attached hydrogens (tertiary/aromatic N) is 2. The number of cyclic esters (lactones) is 1. The van der Waals surface area contributed by atoms with Crippen molar-refractivity contribution in [2.45, 2.75) is 71.6 Å². The predicted octanol–water partition coefficient (Wildman–Crippen LogP) is 2.53. The van der Waals surface area contributed by atoms with Crippen LogP contribution in [0.2, 0.25) is 0 Å². The highest BCUT2D eigenvalue weighted by Crippen LogP contribution is 2.25. The fraction of sp³-hybridized carbons (Fsp3) is 0.536. The van der Waals surface area contributed by atoms with Crippen LogP contribution in [0.3, 0.4) is 0 Å². The summed E-state index contributed by atoms with van der Waals surface area (Å²) >= 11 is 0. The molecule has 206 valence electrons. The average molecular weight is 528 g/mol. The van der Waals surface area contributed by atoms with Crippen LogP contribution in [0.25, 0.3) is 0 Å². The van der Waals surface area contributed by atoms with Crippen LogP contribution in [0.1, 0.15) is 63.3 Å². The normalized spacial score (nSPS) is 29.7. The van der Waals surface area contributed by atoms with Gasteiger partial charge in [0.2, 0.25) is 11.8 Å². The van der Waals surface area contributed by atoms with Crippen LogP contribution in [0.15, 0.2) is 46.6 Å². The molecule has 10 nitrogen and oxygen atoms in total. The number of hydrogen-bond acceptors (Lipinski definition) is 8. The lowest BCUT2D eigenvalue weighted by atomic mass is 9.94. The molecule has 2 N–H and O–H groups in total. The number of aromatic nitrogens is 1. The van der Waals surface area contributed by atoms with Gasteiger partial charge >= 0.3 is 5.97 Å². The quantitative estimate of drug-likeness (QED) is 0.531. The van der Waals surface area contributed by atoms with Gasteiger partial charge in [-0.15, -0.1) is 0 Å². The minimum Gasteiger partial charge on any atom is -0.460 e. The number of hydrogen-bond donors (Lipinski definition) is 2. The summed E-state index contributed by atoms with van der Waals surface area (Å²) < 4.78 is 11.2. The first-order chi connectivity index (χ1) is 18.0. The highest BCUT2D eigenvalue weighted by Gasteiger charge is 2.38. The molecule has 1 aromatic rings. The number of allylic oxidation sites excluding steroid dienone is 2. The highest BCUT2D eigenvalue weighted by atomic mass is 16.5. The van der Waals surface area contributed by atoms with Gasteiger partial charge in [0.25, 0.3) is 5.91 Å². The molecule has 0 saturated carbocycles. The molecular weight excluding hydrogens is 490 g/mol. The van der Waals surface area contributed by atoms with E-state index in [4.69, 9.17) is 9.15 Å². The molecule has 0 aromatic carbocycles. The maximum Gasteiger partial charge on any atom is 0.329 e. The van der Waals surface area contributed by atoms with Crippen LogP contribution in [0, 0.1) is 11.8 Å². The molecule has 1 fully saturated rings. The largest absolute Gasteiger partial charge is 0.460 e. The van der Waals surface area contributed by atoms with E-state index < -0.39 is 30.1 Å². The van der Waals surface area contributed by atoms with Crippen LogP contribution in [0.4, 0.5) is 0 Å². The molecule has 2 bridgehead atoms. The summed E-state index contributed by atoms with van der Waals surface area (Å²) in [6.07, 6.45) is 8.62. The lowest BCUT2D eigenvalue weighted by Gasteiger charge is -2.29. The Morgan fingerprint density at radius 1 is 1.18 bits per heavy atom. The van der Waals surface area contributed by atoms with Gasteiger partial charge in [0, 0.05) is 25.4 Å². The molecule has 10 heteroatoms. The number of fused-ring (bicyclic) bond motifs is 3. The zero-order chi connectivity index (χ0) is 27.8. The Kier molecular flexibility index (Phi) is 10.2. The van der Waals surface area contributed by atoms with Gasteiger partial charge in [-0.1, -0.05) is 50.6 Å². The third kappa shape index (κ3) is 7.98. The van der Waals surface area contributed by atoms with Crippen LogP contribution in [-0.2, 0) is 25.5 Å². The number of ether oxygens (including phenoxy) is 1. The van der Waals surface area contributed by atoms with E-state index in [9.17, 15) is 24.3 Å². The third-order valence-corrected chi connectivity index (χ3v) is 6.55. The van der Waals surface area contributed by atoms with Gasteiger partial charge in [0.1, 0.15) is 24.2 Å². The van der Waals surface area contributed by atoms with Crippen molar-refractivity contribution in [3.63, 3.8) is 0 Å². The molecule has 1 saturated heterocycles. The third-order valence-electron chi connectivity index (χ3n) is 6.55. The maximum absolute atomic E-state index is 13.2. The van der Waals surface area contributed by atoms with Crippen LogP contribution < -0.4 is 5.32 Å².